The predicted octanol–water partition coefficient (Wildman–Crippen LogP) is 2.12. The second kappa shape index (κ2) is 6.66. The van der Waals surface area contributed by atoms with Crippen molar-refractivity contribution < 1.29 is 0 Å². The third-order valence-electron chi connectivity index (χ3n) is 3.81. The van der Waals surface area contributed by atoms with Gasteiger partial charge in [-0.25, -0.2) is 4.79 Å². The number of pyridine rings is 1. The Kier molecular flexibility index (Phi) is 4.42. The Morgan fingerprint density at radius 2 is 1.71 bits per heavy atom. The van der Waals surface area contributed by atoms with Crippen molar-refractivity contribution in [2.24, 2.45) is 0 Å². The van der Waals surface area contributed by atoms with Gasteiger partial charge in [-0.05, 0) is 37.1 Å². The van der Waals surface area contributed by atoms with Crippen LogP contribution in [0.15, 0.2) is 64.3 Å². The lowest BCUT2D eigenvalue weighted by atomic mass is 10.2. The highest BCUT2D eigenvalue weighted by molar-refractivity contribution is 5.20. The van der Waals surface area contributed by atoms with Crippen molar-refractivity contribution in [3.63, 3.8) is 0 Å². The molecule has 0 radical (unpaired) electrons. The third-order valence-corrected chi connectivity index (χ3v) is 3.81. The number of benzene rings is 1. The van der Waals surface area contributed by atoms with Crippen molar-refractivity contribution in [3.05, 3.63) is 98.1 Å². The topological polar surface area (TPSA) is 56.9 Å². The van der Waals surface area contributed by atoms with Gasteiger partial charge in [0.25, 0.3) is 5.56 Å². The fourth-order valence-corrected chi connectivity index (χ4v) is 2.77. The van der Waals surface area contributed by atoms with Gasteiger partial charge in [-0.2, -0.15) is 0 Å². The highest BCUT2D eigenvalue weighted by Crippen LogP contribution is 2.05. The Morgan fingerprint density at radius 1 is 0.958 bits per heavy atom. The Hall–Kier alpha value is -2.95. The van der Waals surface area contributed by atoms with Gasteiger partial charge in [0, 0.05) is 18.0 Å². The Morgan fingerprint density at radius 3 is 2.42 bits per heavy atom. The van der Waals surface area contributed by atoms with Crippen LogP contribution in [-0.2, 0) is 13.1 Å². The van der Waals surface area contributed by atoms with Crippen LogP contribution in [0, 0.1) is 13.8 Å². The summed E-state index contributed by atoms with van der Waals surface area (Å²) in [6, 6.07) is 15.0. The normalized spacial score (nSPS) is 10.8. The molecule has 0 bridgehead atoms. The summed E-state index contributed by atoms with van der Waals surface area (Å²) in [6.07, 6.45) is 1.54. The lowest BCUT2D eigenvalue weighted by Crippen LogP contribution is -2.39. The van der Waals surface area contributed by atoms with Crippen LogP contribution in [0.5, 0.6) is 0 Å². The van der Waals surface area contributed by atoms with E-state index in [1.165, 1.54) is 10.6 Å². The highest BCUT2D eigenvalue weighted by atomic mass is 16.2. The minimum absolute atomic E-state index is 0.176. The van der Waals surface area contributed by atoms with Crippen molar-refractivity contribution in [2.75, 3.05) is 0 Å². The molecule has 3 aromatic rings. The van der Waals surface area contributed by atoms with Crippen LogP contribution in [0.2, 0.25) is 0 Å². The molecule has 0 aliphatic rings. The molecule has 5 nitrogen and oxygen atoms in total. The van der Waals surface area contributed by atoms with Crippen LogP contribution in [0.25, 0.3) is 0 Å². The maximum atomic E-state index is 12.7. The average molecular weight is 321 g/mol. The molecule has 0 atom stereocenters. The van der Waals surface area contributed by atoms with Gasteiger partial charge in [-0.15, -0.1) is 0 Å². The van der Waals surface area contributed by atoms with Crippen LogP contribution >= 0.6 is 0 Å². The van der Waals surface area contributed by atoms with Gasteiger partial charge in [0.15, 0.2) is 0 Å². The molecule has 0 spiro atoms. The molecule has 0 unspecified atom stereocenters. The molecule has 2 heterocycles. The van der Waals surface area contributed by atoms with E-state index in [1.54, 1.807) is 10.8 Å². The zero-order chi connectivity index (χ0) is 17.1. The molecule has 5 heteroatoms. The van der Waals surface area contributed by atoms with Gasteiger partial charge in [-0.3, -0.25) is 18.9 Å². The molecule has 122 valence electrons. The number of hydrogen-bond acceptors (Lipinski definition) is 3. The van der Waals surface area contributed by atoms with Gasteiger partial charge < -0.3 is 0 Å². The SMILES string of the molecule is Cc1cc(C)nc(Cn2c(=O)ccn(Cc3ccccc3)c2=O)c1. The number of hydrogen-bond donors (Lipinski definition) is 0. The van der Waals surface area contributed by atoms with Crippen LogP contribution in [0.4, 0.5) is 0 Å². The fraction of sp³-hybridized carbons (Fsp3) is 0.211. The summed E-state index contributed by atoms with van der Waals surface area (Å²) in [5, 5.41) is 0. The largest absolute Gasteiger partial charge is 0.331 e. The first-order valence-electron chi connectivity index (χ1n) is 7.81. The molecule has 3 rings (SSSR count). The summed E-state index contributed by atoms with van der Waals surface area (Å²) in [4.78, 5) is 29.2. The van der Waals surface area contributed by atoms with Crippen molar-refractivity contribution >= 4 is 0 Å². The predicted molar refractivity (Wildman–Crippen MR) is 93.3 cm³/mol. The average Bonchev–Trinajstić information content (AvgIpc) is 2.54. The van der Waals surface area contributed by atoms with Gasteiger partial charge in [-0.1, -0.05) is 30.3 Å². The lowest BCUT2D eigenvalue weighted by molar-refractivity contribution is 0.605. The van der Waals surface area contributed by atoms with Crippen LogP contribution in [-0.4, -0.2) is 14.1 Å². The molecule has 0 N–H and O–H groups in total. The quantitative estimate of drug-likeness (QED) is 0.739. The van der Waals surface area contributed by atoms with Crippen molar-refractivity contribution in [1.82, 2.24) is 14.1 Å². The lowest BCUT2D eigenvalue weighted by Gasteiger charge is -2.10. The second-order valence-electron chi connectivity index (χ2n) is 5.91. The molecule has 0 saturated carbocycles. The van der Waals surface area contributed by atoms with Crippen LogP contribution < -0.4 is 11.2 Å². The van der Waals surface area contributed by atoms with E-state index < -0.39 is 0 Å². The summed E-state index contributed by atoms with van der Waals surface area (Å²) in [7, 11) is 0. The summed E-state index contributed by atoms with van der Waals surface area (Å²) < 4.78 is 2.77. The van der Waals surface area contributed by atoms with Crippen LogP contribution in [0.3, 0.4) is 0 Å². The smallest absolute Gasteiger partial charge is 0.296 e. The molecule has 0 aliphatic heterocycles. The summed E-state index contributed by atoms with van der Waals surface area (Å²) in [5.41, 5.74) is 3.01. The summed E-state index contributed by atoms with van der Waals surface area (Å²) >= 11 is 0. The number of aryl methyl sites for hydroxylation is 2. The van der Waals surface area contributed by atoms with Crippen molar-refractivity contribution in [2.45, 2.75) is 26.9 Å². The summed E-state index contributed by atoms with van der Waals surface area (Å²) in [5.74, 6) is 0. The maximum absolute atomic E-state index is 12.7. The molecule has 1 aromatic carbocycles. The third kappa shape index (κ3) is 3.51. The first-order valence-corrected chi connectivity index (χ1v) is 7.81. The van der Waals surface area contributed by atoms with Crippen molar-refractivity contribution in [1.29, 1.82) is 0 Å². The van der Waals surface area contributed by atoms with E-state index in [-0.39, 0.29) is 17.8 Å². The highest BCUT2D eigenvalue weighted by Gasteiger charge is 2.08. The van der Waals surface area contributed by atoms with Crippen LogP contribution in [0.1, 0.15) is 22.5 Å². The van der Waals surface area contributed by atoms with E-state index in [1.807, 2.05) is 56.3 Å². The van der Waals surface area contributed by atoms with E-state index in [2.05, 4.69) is 4.98 Å². The molecule has 2 aromatic heterocycles. The standard InChI is InChI=1S/C19H19N3O2/c1-14-10-15(2)20-17(11-14)13-22-18(23)8-9-21(19(22)24)12-16-6-4-3-5-7-16/h3-11H,12-13H2,1-2H3. The zero-order valence-corrected chi connectivity index (χ0v) is 13.8. The van der Waals surface area contributed by atoms with Gasteiger partial charge in [0.1, 0.15) is 0 Å². The van der Waals surface area contributed by atoms with E-state index in [4.69, 9.17) is 0 Å². The molecule has 0 amide bonds. The molecular weight excluding hydrogens is 302 g/mol. The zero-order valence-electron chi connectivity index (χ0n) is 13.8. The summed E-state index contributed by atoms with van der Waals surface area (Å²) in [6.45, 7) is 4.48. The van der Waals surface area contributed by atoms with E-state index in [0.29, 0.717) is 12.2 Å². The Balaban J connectivity index is 1.97. The Bertz CT molecular complexity index is 952. The number of aromatic nitrogens is 3. The van der Waals surface area contributed by atoms with E-state index in [0.717, 1.165) is 16.8 Å². The fourth-order valence-electron chi connectivity index (χ4n) is 2.77. The maximum Gasteiger partial charge on any atom is 0.331 e. The minimum atomic E-state index is -0.327. The molecular formula is C19H19N3O2. The van der Waals surface area contributed by atoms with Gasteiger partial charge in [0.05, 0.1) is 18.8 Å². The van der Waals surface area contributed by atoms with Crippen molar-refractivity contribution in [3.8, 4) is 0 Å². The first-order chi connectivity index (χ1) is 11.5. The first kappa shape index (κ1) is 15.9. The molecule has 24 heavy (non-hydrogen) atoms. The second-order valence-corrected chi connectivity index (χ2v) is 5.91. The monoisotopic (exact) mass is 321 g/mol. The van der Waals surface area contributed by atoms with Gasteiger partial charge in [0.2, 0.25) is 0 Å². The molecule has 0 fully saturated rings. The molecule has 0 saturated heterocycles. The van der Waals surface area contributed by atoms with E-state index >= 15 is 0 Å². The molecule has 0 aliphatic carbocycles. The minimum Gasteiger partial charge on any atom is -0.296 e. The Labute approximate surface area is 139 Å². The van der Waals surface area contributed by atoms with Gasteiger partial charge >= 0.3 is 5.69 Å². The van der Waals surface area contributed by atoms with E-state index in [9.17, 15) is 9.59 Å². The number of rotatable bonds is 4. The number of nitrogens with zero attached hydrogens (tertiary/aromatic N) is 3.